The molecule has 0 saturated carbocycles. The van der Waals surface area contributed by atoms with Crippen molar-refractivity contribution in [2.75, 3.05) is 19.6 Å². The number of nitrogens with zero attached hydrogens (tertiary/aromatic N) is 3. The highest BCUT2D eigenvalue weighted by atomic mass is 19.4. The summed E-state index contributed by atoms with van der Waals surface area (Å²) < 4.78 is 46.4. The lowest BCUT2D eigenvalue weighted by atomic mass is 10.1. The highest BCUT2D eigenvalue weighted by Crippen LogP contribution is 2.33. The van der Waals surface area contributed by atoms with Crippen LogP contribution in [0.1, 0.15) is 18.9 Å². The number of hydrogen-bond acceptors (Lipinski definition) is 6. The molecule has 1 saturated heterocycles. The summed E-state index contributed by atoms with van der Waals surface area (Å²) >= 11 is 0. The first-order valence-electron chi connectivity index (χ1n) is 12.1. The molecule has 2 aliphatic heterocycles. The monoisotopic (exact) mass is 514 g/mol. The molecule has 9 nitrogen and oxygen atoms in total. The average molecular weight is 515 g/mol. The van der Waals surface area contributed by atoms with E-state index in [1.54, 1.807) is 35.0 Å². The fraction of sp³-hybridized carbons (Fsp3) is 0.400. The van der Waals surface area contributed by atoms with Crippen molar-refractivity contribution in [3.8, 4) is 17.0 Å². The van der Waals surface area contributed by atoms with Crippen molar-refractivity contribution in [1.82, 2.24) is 30.0 Å². The number of rotatable bonds is 3. The summed E-state index contributed by atoms with van der Waals surface area (Å²) in [6.07, 6.45) is -3.89. The molecule has 1 fully saturated rings. The number of hydrogen-bond donors (Lipinski definition) is 3. The number of ether oxygens (including phenoxy) is 1. The number of nitrogens with one attached hydrogen (secondary N) is 3. The summed E-state index contributed by atoms with van der Waals surface area (Å²) in [6.45, 7) is 2.47. The van der Waals surface area contributed by atoms with Gasteiger partial charge in [-0.2, -0.15) is 13.2 Å². The first-order chi connectivity index (χ1) is 17.7. The van der Waals surface area contributed by atoms with Crippen LogP contribution in [0.4, 0.5) is 13.2 Å². The number of fused-ring (bicyclic) bond motifs is 5. The van der Waals surface area contributed by atoms with E-state index in [-0.39, 0.29) is 29.9 Å². The predicted molar refractivity (Wildman–Crippen MR) is 132 cm³/mol. The van der Waals surface area contributed by atoms with Gasteiger partial charge in [0.25, 0.3) is 11.1 Å². The van der Waals surface area contributed by atoms with E-state index in [9.17, 15) is 22.8 Å². The Kier molecular flexibility index (Phi) is 5.60. The minimum atomic E-state index is -4.35. The summed E-state index contributed by atoms with van der Waals surface area (Å²) in [5.74, 6) is 0.346. The molecule has 2 aromatic carbocycles. The van der Waals surface area contributed by atoms with Crippen molar-refractivity contribution < 1.29 is 17.9 Å². The third-order valence-electron chi connectivity index (χ3n) is 7.14. The molecule has 37 heavy (non-hydrogen) atoms. The lowest BCUT2D eigenvalue weighted by Gasteiger charge is -2.21. The molecular weight excluding hydrogens is 489 g/mol. The molecule has 0 amide bonds. The molecule has 0 aliphatic carbocycles. The van der Waals surface area contributed by atoms with Gasteiger partial charge in [-0.3, -0.25) is 24.3 Å². The Bertz CT molecular complexity index is 1620. The Morgan fingerprint density at radius 3 is 2.84 bits per heavy atom. The Morgan fingerprint density at radius 1 is 1.19 bits per heavy atom. The normalized spacial score (nSPS) is 21.6. The molecular formula is C25H25F3N6O3. The van der Waals surface area contributed by atoms with Crippen molar-refractivity contribution in [3.05, 3.63) is 56.6 Å². The number of halogens is 3. The van der Waals surface area contributed by atoms with Crippen LogP contribution in [-0.2, 0) is 13.1 Å². The van der Waals surface area contributed by atoms with Gasteiger partial charge in [0.2, 0.25) is 0 Å². The van der Waals surface area contributed by atoms with Crippen LogP contribution < -0.4 is 21.2 Å². The van der Waals surface area contributed by atoms with Crippen molar-refractivity contribution in [3.63, 3.8) is 0 Å². The van der Waals surface area contributed by atoms with Gasteiger partial charge in [0.05, 0.1) is 29.5 Å². The van der Waals surface area contributed by atoms with Crippen LogP contribution >= 0.6 is 0 Å². The maximum Gasteiger partial charge on any atom is 0.401 e. The SMILES string of the molecule is C[C@@H]1C[C@H]2CN1CCn1[nH]c3c(cccc3c1=O)-c1nc3c(c(CNCC(F)(F)F)ccc3[nH]c1=O)O2. The van der Waals surface area contributed by atoms with Gasteiger partial charge in [0.15, 0.2) is 5.75 Å². The van der Waals surface area contributed by atoms with Crippen molar-refractivity contribution >= 4 is 21.9 Å². The van der Waals surface area contributed by atoms with Crippen LogP contribution in [0.5, 0.6) is 5.75 Å². The van der Waals surface area contributed by atoms with Crippen molar-refractivity contribution in [1.29, 1.82) is 0 Å². The van der Waals surface area contributed by atoms with Crippen LogP contribution in [0.15, 0.2) is 39.9 Å². The Hall–Kier alpha value is -3.64. The van der Waals surface area contributed by atoms with Gasteiger partial charge < -0.3 is 15.0 Å². The quantitative estimate of drug-likeness (QED) is 0.388. The van der Waals surface area contributed by atoms with Crippen LogP contribution in [0.2, 0.25) is 0 Å². The van der Waals surface area contributed by atoms with Gasteiger partial charge in [-0.1, -0.05) is 18.2 Å². The van der Waals surface area contributed by atoms with Gasteiger partial charge in [0.1, 0.15) is 17.3 Å². The van der Waals surface area contributed by atoms with E-state index in [0.29, 0.717) is 64.9 Å². The maximum absolute atomic E-state index is 13.1. The molecule has 194 valence electrons. The molecule has 0 spiro atoms. The van der Waals surface area contributed by atoms with Crippen molar-refractivity contribution in [2.45, 2.75) is 44.8 Å². The molecule has 2 aromatic heterocycles. The summed E-state index contributed by atoms with van der Waals surface area (Å²) in [5, 5.41) is 6.04. The van der Waals surface area contributed by atoms with Crippen LogP contribution in [0.3, 0.4) is 0 Å². The molecule has 1 unspecified atom stereocenters. The van der Waals surface area contributed by atoms with Crippen molar-refractivity contribution in [2.24, 2.45) is 0 Å². The summed E-state index contributed by atoms with van der Waals surface area (Å²) in [6, 6.07) is 8.56. The largest absolute Gasteiger partial charge is 0.486 e. The van der Waals surface area contributed by atoms with Gasteiger partial charge in [-0.15, -0.1) is 0 Å². The Balaban J connectivity index is 1.57. The van der Waals surface area contributed by atoms with Gasteiger partial charge in [0, 0.05) is 43.2 Å². The molecule has 4 aromatic rings. The minimum Gasteiger partial charge on any atom is -0.486 e. The maximum atomic E-state index is 13.1. The topological polar surface area (TPSA) is 108 Å². The lowest BCUT2D eigenvalue weighted by Crippen LogP contribution is -2.34. The Morgan fingerprint density at radius 2 is 2.03 bits per heavy atom. The predicted octanol–water partition coefficient (Wildman–Crippen LogP) is 2.74. The number of alkyl halides is 3. The molecule has 3 atom stereocenters. The number of para-hydroxylation sites is 1. The number of aromatic amines is 2. The smallest absolute Gasteiger partial charge is 0.401 e. The number of benzene rings is 2. The molecule has 6 bridgehead atoms. The number of aromatic nitrogens is 4. The van der Waals surface area contributed by atoms with E-state index >= 15 is 0 Å². The second kappa shape index (κ2) is 8.73. The zero-order chi connectivity index (χ0) is 25.9. The van der Waals surface area contributed by atoms with Crippen LogP contribution in [0.25, 0.3) is 33.2 Å². The van der Waals surface area contributed by atoms with E-state index in [4.69, 9.17) is 4.74 Å². The van der Waals surface area contributed by atoms with E-state index in [1.807, 2.05) is 0 Å². The molecule has 2 aliphatic rings. The summed E-state index contributed by atoms with van der Waals surface area (Å²) in [5.41, 5.74) is 1.70. The molecule has 4 heterocycles. The van der Waals surface area contributed by atoms with E-state index in [1.165, 1.54) is 0 Å². The van der Waals surface area contributed by atoms with Gasteiger partial charge >= 0.3 is 6.18 Å². The fourth-order valence-corrected chi connectivity index (χ4v) is 5.34. The van der Waals surface area contributed by atoms with E-state index in [0.717, 1.165) is 0 Å². The average Bonchev–Trinajstić information content (AvgIpc) is 3.36. The second-order valence-electron chi connectivity index (χ2n) is 9.70. The highest BCUT2D eigenvalue weighted by Gasteiger charge is 2.32. The van der Waals surface area contributed by atoms with Gasteiger partial charge in [-0.25, -0.2) is 4.98 Å². The van der Waals surface area contributed by atoms with Gasteiger partial charge in [-0.05, 0) is 19.1 Å². The first-order valence-corrected chi connectivity index (χ1v) is 12.1. The standard InChI is InChI=1S/C25H25F3N6O3/c1-13-9-15-11-33(13)7-8-34-24(36)17-4-2-3-16(19(17)32-34)20-23(35)30-18-6-5-14(10-29-12-25(26,27)28)22(37-15)21(18)31-20/h2-6,13,15,29,32H,7-12H2,1H3,(H,30,35)/t13-,15+/m1/s1. The third kappa shape index (κ3) is 4.29. The molecule has 0 radical (unpaired) electrons. The second-order valence-corrected chi connectivity index (χ2v) is 9.70. The third-order valence-corrected chi connectivity index (χ3v) is 7.14. The first kappa shape index (κ1) is 23.7. The van der Waals surface area contributed by atoms with Crippen LogP contribution in [-0.4, -0.2) is 62.6 Å². The zero-order valence-electron chi connectivity index (χ0n) is 20.0. The van der Waals surface area contributed by atoms with E-state index in [2.05, 4.69) is 32.2 Å². The molecule has 12 heteroatoms. The Labute approximate surface area is 208 Å². The zero-order valence-corrected chi connectivity index (χ0v) is 20.0. The summed E-state index contributed by atoms with van der Waals surface area (Å²) in [7, 11) is 0. The van der Waals surface area contributed by atoms with Crippen LogP contribution in [0, 0.1) is 0 Å². The summed E-state index contributed by atoms with van der Waals surface area (Å²) in [4.78, 5) is 35.9. The molecule has 6 rings (SSSR count). The van der Waals surface area contributed by atoms with E-state index < -0.39 is 18.3 Å². The number of H-pyrrole nitrogens is 2. The lowest BCUT2D eigenvalue weighted by molar-refractivity contribution is -0.125. The molecule has 3 N–H and O–H groups in total. The minimum absolute atomic E-state index is 0.0847. The highest BCUT2D eigenvalue weighted by molar-refractivity contribution is 5.94. The fourth-order valence-electron chi connectivity index (χ4n) is 5.34.